The van der Waals surface area contributed by atoms with E-state index in [1.807, 2.05) is 4.57 Å². The minimum atomic E-state index is -0.375. The molecule has 0 saturated carbocycles. The van der Waals surface area contributed by atoms with E-state index in [2.05, 4.69) is 4.98 Å². The standard InChI is InChI=1S/C8H18N6/c9-6(3-7(10)11)4-8(12)14-2-1-13-5-14/h1-2,5-8H,3-4,9-12H2. The van der Waals surface area contributed by atoms with E-state index < -0.39 is 0 Å². The molecule has 0 aliphatic carbocycles. The van der Waals surface area contributed by atoms with Gasteiger partial charge in [-0.2, -0.15) is 0 Å². The van der Waals surface area contributed by atoms with E-state index in [4.69, 9.17) is 22.9 Å². The first-order valence-corrected chi connectivity index (χ1v) is 4.59. The van der Waals surface area contributed by atoms with E-state index in [1.54, 1.807) is 18.7 Å². The SMILES string of the molecule is NC(N)CC(N)CC(N)n1ccnc1. The van der Waals surface area contributed by atoms with Gasteiger partial charge in [0.15, 0.2) is 0 Å². The molecule has 6 nitrogen and oxygen atoms in total. The first kappa shape index (κ1) is 11.1. The average Bonchev–Trinajstić information content (AvgIpc) is 2.53. The fourth-order valence-electron chi connectivity index (χ4n) is 1.34. The van der Waals surface area contributed by atoms with Gasteiger partial charge in [-0.3, -0.25) is 0 Å². The fourth-order valence-corrected chi connectivity index (χ4v) is 1.34. The Balaban J connectivity index is 2.37. The molecule has 1 aromatic rings. The van der Waals surface area contributed by atoms with Crippen LogP contribution in [0.3, 0.4) is 0 Å². The summed E-state index contributed by atoms with van der Waals surface area (Å²) in [6, 6.07) is -0.0765. The van der Waals surface area contributed by atoms with Crippen molar-refractivity contribution in [3.05, 3.63) is 18.7 Å². The van der Waals surface area contributed by atoms with Gasteiger partial charge in [-0.15, -0.1) is 0 Å². The second-order valence-electron chi connectivity index (χ2n) is 3.47. The first-order chi connectivity index (χ1) is 6.59. The van der Waals surface area contributed by atoms with Gasteiger partial charge >= 0.3 is 0 Å². The number of nitrogens with zero attached hydrogens (tertiary/aromatic N) is 2. The molecule has 0 radical (unpaired) electrons. The minimum absolute atomic E-state index is 0.0765. The summed E-state index contributed by atoms with van der Waals surface area (Å²) in [7, 11) is 0. The zero-order chi connectivity index (χ0) is 10.6. The highest BCUT2D eigenvalue weighted by molar-refractivity contribution is 4.80. The van der Waals surface area contributed by atoms with Crippen molar-refractivity contribution in [3.63, 3.8) is 0 Å². The van der Waals surface area contributed by atoms with Crippen LogP contribution in [0.1, 0.15) is 19.0 Å². The van der Waals surface area contributed by atoms with Gasteiger partial charge in [-0.1, -0.05) is 0 Å². The molecule has 0 aromatic carbocycles. The van der Waals surface area contributed by atoms with Gasteiger partial charge in [-0.05, 0) is 12.8 Å². The van der Waals surface area contributed by atoms with Gasteiger partial charge < -0.3 is 27.5 Å². The number of rotatable bonds is 5. The quantitative estimate of drug-likeness (QED) is 0.438. The molecule has 0 fully saturated rings. The Labute approximate surface area is 83.3 Å². The van der Waals surface area contributed by atoms with Gasteiger partial charge in [-0.25, -0.2) is 4.98 Å². The number of imidazole rings is 1. The normalized spacial score (nSPS) is 15.8. The summed E-state index contributed by atoms with van der Waals surface area (Å²) in [4.78, 5) is 3.90. The molecule has 80 valence electrons. The third-order valence-electron chi connectivity index (χ3n) is 2.03. The van der Waals surface area contributed by atoms with Crippen molar-refractivity contribution in [3.8, 4) is 0 Å². The lowest BCUT2D eigenvalue weighted by atomic mass is 10.1. The van der Waals surface area contributed by atoms with E-state index in [-0.39, 0.29) is 18.4 Å². The summed E-state index contributed by atoms with van der Waals surface area (Å²) in [5, 5.41) is 0. The molecule has 1 heterocycles. The summed E-state index contributed by atoms with van der Waals surface area (Å²) in [6.45, 7) is 0. The molecule has 8 N–H and O–H groups in total. The highest BCUT2D eigenvalue weighted by Crippen LogP contribution is 2.07. The maximum Gasteiger partial charge on any atom is 0.0959 e. The Hall–Kier alpha value is -0.950. The molecule has 1 aromatic heterocycles. The van der Waals surface area contributed by atoms with Gasteiger partial charge in [0.2, 0.25) is 0 Å². The minimum Gasteiger partial charge on any atom is -0.327 e. The second kappa shape index (κ2) is 5.06. The number of hydrogen-bond acceptors (Lipinski definition) is 5. The molecule has 0 saturated heterocycles. The van der Waals surface area contributed by atoms with Crippen LogP contribution < -0.4 is 22.9 Å². The van der Waals surface area contributed by atoms with Crippen molar-refractivity contribution in [2.75, 3.05) is 0 Å². The average molecular weight is 198 g/mol. The highest BCUT2D eigenvalue weighted by Gasteiger charge is 2.12. The molecule has 2 unspecified atom stereocenters. The molecule has 6 heteroatoms. The van der Waals surface area contributed by atoms with Crippen LogP contribution in [0.5, 0.6) is 0 Å². The molecule has 0 aliphatic heterocycles. The maximum absolute atomic E-state index is 5.88. The third-order valence-corrected chi connectivity index (χ3v) is 2.03. The van der Waals surface area contributed by atoms with Crippen molar-refractivity contribution >= 4 is 0 Å². The van der Waals surface area contributed by atoms with Crippen molar-refractivity contribution < 1.29 is 0 Å². The summed E-state index contributed by atoms with van der Waals surface area (Å²) in [6.07, 6.45) is 5.83. The summed E-state index contributed by atoms with van der Waals surface area (Å²) in [5.74, 6) is 0. The lowest BCUT2D eigenvalue weighted by molar-refractivity contribution is 0.401. The van der Waals surface area contributed by atoms with Gasteiger partial charge in [0.25, 0.3) is 0 Å². The third kappa shape index (κ3) is 3.43. The van der Waals surface area contributed by atoms with Gasteiger partial charge in [0, 0.05) is 18.4 Å². The Morgan fingerprint density at radius 2 is 1.86 bits per heavy atom. The van der Waals surface area contributed by atoms with Crippen molar-refractivity contribution in [1.82, 2.24) is 9.55 Å². The fraction of sp³-hybridized carbons (Fsp3) is 0.625. The Kier molecular flexibility index (Phi) is 4.02. The van der Waals surface area contributed by atoms with Crippen LogP contribution in [-0.2, 0) is 0 Å². The molecule has 0 amide bonds. The van der Waals surface area contributed by atoms with Crippen LogP contribution in [0, 0.1) is 0 Å². The van der Waals surface area contributed by atoms with Crippen molar-refractivity contribution in [1.29, 1.82) is 0 Å². The smallest absolute Gasteiger partial charge is 0.0959 e. The molecule has 0 bridgehead atoms. The number of aromatic nitrogens is 2. The van der Waals surface area contributed by atoms with Crippen molar-refractivity contribution in [2.24, 2.45) is 22.9 Å². The molecular weight excluding hydrogens is 180 g/mol. The molecule has 1 rings (SSSR count). The van der Waals surface area contributed by atoms with Gasteiger partial charge in [0.1, 0.15) is 0 Å². The number of hydrogen-bond donors (Lipinski definition) is 4. The molecular formula is C8H18N6. The first-order valence-electron chi connectivity index (χ1n) is 4.59. The van der Waals surface area contributed by atoms with Gasteiger partial charge in [0.05, 0.1) is 18.7 Å². The van der Waals surface area contributed by atoms with Crippen LogP contribution >= 0.6 is 0 Å². The monoisotopic (exact) mass is 198 g/mol. The van der Waals surface area contributed by atoms with Crippen LogP contribution in [0.2, 0.25) is 0 Å². The summed E-state index contributed by atoms with van der Waals surface area (Å²) in [5.41, 5.74) is 22.5. The highest BCUT2D eigenvalue weighted by atomic mass is 15.1. The predicted molar refractivity (Wildman–Crippen MR) is 54.8 cm³/mol. The zero-order valence-electron chi connectivity index (χ0n) is 8.08. The molecule has 2 atom stereocenters. The lowest BCUT2D eigenvalue weighted by Crippen LogP contribution is -2.39. The van der Waals surface area contributed by atoms with E-state index in [0.717, 1.165) is 0 Å². The van der Waals surface area contributed by atoms with E-state index >= 15 is 0 Å². The summed E-state index contributed by atoms with van der Waals surface area (Å²) < 4.78 is 1.81. The number of nitrogens with two attached hydrogens (primary N) is 4. The Morgan fingerprint density at radius 3 is 2.36 bits per heavy atom. The maximum atomic E-state index is 5.88. The van der Waals surface area contributed by atoms with Crippen LogP contribution in [0.15, 0.2) is 18.7 Å². The molecule has 14 heavy (non-hydrogen) atoms. The van der Waals surface area contributed by atoms with Crippen LogP contribution in [0.25, 0.3) is 0 Å². The topological polar surface area (TPSA) is 122 Å². The largest absolute Gasteiger partial charge is 0.327 e. The van der Waals surface area contributed by atoms with E-state index in [0.29, 0.717) is 12.8 Å². The lowest BCUT2D eigenvalue weighted by Gasteiger charge is -2.19. The van der Waals surface area contributed by atoms with Crippen LogP contribution in [0.4, 0.5) is 0 Å². The van der Waals surface area contributed by atoms with E-state index in [1.165, 1.54) is 0 Å². The van der Waals surface area contributed by atoms with E-state index in [9.17, 15) is 0 Å². The van der Waals surface area contributed by atoms with Crippen LogP contribution in [-0.4, -0.2) is 21.8 Å². The zero-order valence-corrected chi connectivity index (χ0v) is 8.08. The summed E-state index contributed by atoms with van der Waals surface area (Å²) >= 11 is 0. The molecule has 0 aliphatic rings. The molecule has 0 spiro atoms. The Bertz CT molecular complexity index is 244. The Morgan fingerprint density at radius 1 is 1.14 bits per heavy atom. The second-order valence-corrected chi connectivity index (χ2v) is 3.47. The van der Waals surface area contributed by atoms with Crippen molar-refractivity contribution in [2.45, 2.75) is 31.2 Å². The predicted octanol–water partition coefficient (Wildman–Crippen LogP) is -1.31.